The molecule has 8 heteroatoms. The van der Waals surface area contributed by atoms with Crippen molar-refractivity contribution in [2.24, 2.45) is 0 Å². The lowest BCUT2D eigenvalue weighted by Crippen LogP contribution is -2.40. The molecule has 0 aliphatic heterocycles. The maximum atomic E-state index is 13.5. The lowest BCUT2D eigenvalue weighted by atomic mass is 10.1. The topological polar surface area (TPSA) is 102 Å². The number of carbonyl (C=O) groups is 2. The first-order chi connectivity index (χ1) is 17.4. The summed E-state index contributed by atoms with van der Waals surface area (Å²) in [5.41, 5.74) is 2.10. The number of fused-ring (bicyclic) bond motifs is 1. The van der Waals surface area contributed by atoms with Crippen molar-refractivity contribution in [2.45, 2.75) is 33.2 Å². The second-order valence-electron chi connectivity index (χ2n) is 8.63. The molecule has 0 radical (unpaired) electrons. The second-order valence-corrected chi connectivity index (χ2v) is 8.63. The third-order valence-corrected chi connectivity index (χ3v) is 5.82. The molecule has 0 aliphatic carbocycles. The van der Waals surface area contributed by atoms with Crippen LogP contribution in [0.5, 0.6) is 0 Å². The zero-order chi connectivity index (χ0) is 25.7. The summed E-state index contributed by atoms with van der Waals surface area (Å²) in [6.07, 6.45) is 1.06. The minimum absolute atomic E-state index is 0.0885. The standard InChI is InChI=1S/C28H28N4O4/c1-3-16-29-25(33)17-20-10-14-22(15-11-20)32-27(35)23-6-4-5-7-24(23)31(28(32)36)18-26(34)30-21-12-8-19(2)9-13-21/h4-15H,3,16-18H2,1-2H3,(H,29,33)(H,30,34). The summed E-state index contributed by atoms with van der Waals surface area (Å²) in [6, 6.07) is 20.8. The zero-order valence-electron chi connectivity index (χ0n) is 20.3. The highest BCUT2D eigenvalue weighted by atomic mass is 16.2. The first-order valence-corrected chi connectivity index (χ1v) is 11.8. The highest BCUT2D eigenvalue weighted by molar-refractivity contribution is 5.91. The first-order valence-electron chi connectivity index (χ1n) is 11.8. The van der Waals surface area contributed by atoms with Crippen LogP contribution in [0.1, 0.15) is 24.5 Å². The van der Waals surface area contributed by atoms with Gasteiger partial charge < -0.3 is 10.6 Å². The maximum absolute atomic E-state index is 13.5. The Bertz CT molecular complexity index is 1520. The van der Waals surface area contributed by atoms with Gasteiger partial charge in [0.25, 0.3) is 5.56 Å². The van der Waals surface area contributed by atoms with Gasteiger partial charge in [0.15, 0.2) is 0 Å². The van der Waals surface area contributed by atoms with E-state index in [2.05, 4.69) is 10.6 Å². The third kappa shape index (κ3) is 5.43. The quantitative estimate of drug-likeness (QED) is 0.401. The number of aryl methyl sites for hydroxylation is 1. The van der Waals surface area contributed by atoms with Crippen molar-refractivity contribution in [2.75, 3.05) is 11.9 Å². The van der Waals surface area contributed by atoms with Gasteiger partial charge in [-0.1, -0.05) is 48.9 Å². The van der Waals surface area contributed by atoms with Gasteiger partial charge >= 0.3 is 5.69 Å². The number of hydrogen-bond acceptors (Lipinski definition) is 4. The molecule has 4 rings (SSSR count). The van der Waals surface area contributed by atoms with Crippen molar-refractivity contribution in [3.05, 3.63) is 105 Å². The Morgan fingerprint density at radius 1 is 0.861 bits per heavy atom. The van der Waals surface area contributed by atoms with Gasteiger partial charge in [-0.05, 0) is 55.3 Å². The number of aromatic nitrogens is 2. The molecular formula is C28H28N4O4. The van der Waals surface area contributed by atoms with Crippen LogP contribution >= 0.6 is 0 Å². The number of benzene rings is 3. The van der Waals surface area contributed by atoms with Gasteiger partial charge in [0.05, 0.1) is 23.0 Å². The van der Waals surface area contributed by atoms with Gasteiger partial charge in [-0.15, -0.1) is 0 Å². The number of para-hydroxylation sites is 1. The molecular weight excluding hydrogens is 456 g/mol. The van der Waals surface area contributed by atoms with Crippen LogP contribution in [0.25, 0.3) is 16.6 Å². The summed E-state index contributed by atoms with van der Waals surface area (Å²) >= 11 is 0. The summed E-state index contributed by atoms with van der Waals surface area (Å²) in [5, 5.41) is 5.95. The molecule has 2 N–H and O–H groups in total. The van der Waals surface area contributed by atoms with E-state index in [9.17, 15) is 19.2 Å². The number of hydrogen-bond donors (Lipinski definition) is 2. The molecule has 0 unspecified atom stereocenters. The molecule has 0 saturated carbocycles. The molecule has 0 spiro atoms. The van der Waals surface area contributed by atoms with Crippen molar-refractivity contribution in [1.29, 1.82) is 0 Å². The Balaban J connectivity index is 1.68. The molecule has 36 heavy (non-hydrogen) atoms. The fraction of sp³-hybridized carbons (Fsp3) is 0.214. The Kier molecular flexibility index (Phi) is 7.44. The van der Waals surface area contributed by atoms with Crippen molar-refractivity contribution in [3.8, 4) is 5.69 Å². The van der Waals surface area contributed by atoms with Crippen LogP contribution in [-0.4, -0.2) is 27.5 Å². The molecule has 1 heterocycles. The van der Waals surface area contributed by atoms with E-state index in [1.165, 1.54) is 4.57 Å². The van der Waals surface area contributed by atoms with E-state index in [1.54, 1.807) is 60.7 Å². The lowest BCUT2D eigenvalue weighted by molar-refractivity contribution is -0.120. The highest BCUT2D eigenvalue weighted by Crippen LogP contribution is 2.13. The SMILES string of the molecule is CCCNC(=O)Cc1ccc(-n2c(=O)c3ccccc3n(CC(=O)Nc3ccc(C)cc3)c2=O)cc1. The van der Waals surface area contributed by atoms with Gasteiger partial charge in [-0.3, -0.25) is 19.0 Å². The Morgan fingerprint density at radius 3 is 2.25 bits per heavy atom. The monoisotopic (exact) mass is 484 g/mol. The van der Waals surface area contributed by atoms with Gasteiger partial charge in [0, 0.05) is 12.2 Å². The number of amides is 2. The van der Waals surface area contributed by atoms with Crippen LogP contribution in [0.3, 0.4) is 0 Å². The normalized spacial score (nSPS) is 10.8. The molecule has 0 bridgehead atoms. The first kappa shape index (κ1) is 24.7. The fourth-order valence-electron chi connectivity index (χ4n) is 3.96. The van der Waals surface area contributed by atoms with Crippen LogP contribution in [0.15, 0.2) is 82.4 Å². The van der Waals surface area contributed by atoms with Gasteiger partial charge in [-0.25, -0.2) is 9.36 Å². The summed E-state index contributed by atoms with van der Waals surface area (Å²) in [7, 11) is 0. The molecule has 1 aromatic heterocycles. The van der Waals surface area contributed by atoms with E-state index < -0.39 is 11.2 Å². The lowest BCUT2D eigenvalue weighted by Gasteiger charge is -2.14. The minimum Gasteiger partial charge on any atom is -0.356 e. The summed E-state index contributed by atoms with van der Waals surface area (Å²) in [4.78, 5) is 51.6. The molecule has 0 fully saturated rings. The largest absolute Gasteiger partial charge is 0.356 e. The van der Waals surface area contributed by atoms with Crippen LogP contribution in [0.4, 0.5) is 5.69 Å². The van der Waals surface area contributed by atoms with Crippen LogP contribution in [0.2, 0.25) is 0 Å². The second kappa shape index (κ2) is 10.9. The average Bonchev–Trinajstić information content (AvgIpc) is 2.88. The average molecular weight is 485 g/mol. The smallest absolute Gasteiger partial charge is 0.336 e. The third-order valence-electron chi connectivity index (χ3n) is 5.82. The Labute approximate surface area is 208 Å². The molecule has 184 valence electrons. The van der Waals surface area contributed by atoms with E-state index in [1.807, 2.05) is 26.0 Å². The van der Waals surface area contributed by atoms with Crippen molar-refractivity contribution < 1.29 is 9.59 Å². The number of nitrogens with one attached hydrogen (secondary N) is 2. The van der Waals surface area contributed by atoms with Crippen molar-refractivity contribution in [1.82, 2.24) is 14.5 Å². The van der Waals surface area contributed by atoms with Crippen molar-refractivity contribution >= 4 is 28.4 Å². The molecule has 8 nitrogen and oxygen atoms in total. The number of anilines is 1. The Morgan fingerprint density at radius 2 is 1.56 bits per heavy atom. The van der Waals surface area contributed by atoms with Crippen LogP contribution in [-0.2, 0) is 22.6 Å². The molecule has 3 aromatic carbocycles. The van der Waals surface area contributed by atoms with E-state index in [4.69, 9.17) is 0 Å². The molecule has 4 aromatic rings. The van der Waals surface area contributed by atoms with Gasteiger partial charge in [0.2, 0.25) is 11.8 Å². The minimum atomic E-state index is -0.619. The van der Waals surface area contributed by atoms with Crippen molar-refractivity contribution in [3.63, 3.8) is 0 Å². The van der Waals surface area contributed by atoms with Gasteiger partial charge in [0.1, 0.15) is 6.54 Å². The molecule has 2 amide bonds. The van der Waals surface area contributed by atoms with E-state index in [0.29, 0.717) is 28.8 Å². The molecule has 0 aliphatic rings. The highest BCUT2D eigenvalue weighted by Gasteiger charge is 2.17. The number of nitrogens with zero attached hydrogens (tertiary/aromatic N) is 2. The van der Waals surface area contributed by atoms with E-state index in [-0.39, 0.29) is 24.8 Å². The van der Waals surface area contributed by atoms with Gasteiger partial charge in [-0.2, -0.15) is 0 Å². The molecule has 0 saturated heterocycles. The number of carbonyl (C=O) groups excluding carboxylic acids is 2. The van der Waals surface area contributed by atoms with E-state index in [0.717, 1.165) is 22.1 Å². The summed E-state index contributed by atoms with van der Waals surface area (Å²) in [5.74, 6) is -0.473. The Hall–Kier alpha value is -4.46. The molecule has 0 atom stereocenters. The van der Waals surface area contributed by atoms with Crippen LogP contribution in [0, 0.1) is 6.92 Å². The maximum Gasteiger partial charge on any atom is 0.336 e. The predicted molar refractivity (Wildman–Crippen MR) is 141 cm³/mol. The summed E-state index contributed by atoms with van der Waals surface area (Å²) in [6.45, 7) is 4.28. The van der Waals surface area contributed by atoms with E-state index >= 15 is 0 Å². The fourth-order valence-corrected chi connectivity index (χ4v) is 3.96. The summed E-state index contributed by atoms with van der Waals surface area (Å²) < 4.78 is 2.36. The zero-order valence-corrected chi connectivity index (χ0v) is 20.3. The number of rotatable bonds is 8. The van der Waals surface area contributed by atoms with Crippen LogP contribution < -0.4 is 21.9 Å². The predicted octanol–water partition coefficient (Wildman–Crippen LogP) is 3.17.